The molecule has 1 aromatic carbocycles. The highest BCUT2D eigenvalue weighted by Crippen LogP contribution is 2.33. The second-order valence-electron chi connectivity index (χ2n) is 5.54. The van der Waals surface area contributed by atoms with E-state index in [-0.39, 0.29) is 18.9 Å². The highest BCUT2D eigenvalue weighted by atomic mass is 16.5. The van der Waals surface area contributed by atoms with Crippen molar-refractivity contribution in [1.82, 2.24) is 0 Å². The number of esters is 1. The van der Waals surface area contributed by atoms with Gasteiger partial charge >= 0.3 is 5.97 Å². The van der Waals surface area contributed by atoms with Gasteiger partial charge in [-0.1, -0.05) is 32.0 Å². The van der Waals surface area contributed by atoms with E-state index in [0.717, 1.165) is 17.7 Å². The third-order valence-corrected chi connectivity index (χ3v) is 4.11. The van der Waals surface area contributed by atoms with Crippen LogP contribution in [0, 0.1) is 17.2 Å². The highest BCUT2D eigenvalue weighted by molar-refractivity contribution is 6.00. The zero-order chi connectivity index (χ0) is 16.1. The Morgan fingerprint density at radius 1 is 1.50 bits per heavy atom. The Bertz CT molecular complexity index is 606. The van der Waals surface area contributed by atoms with Gasteiger partial charge in [0.25, 0.3) is 0 Å². The summed E-state index contributed by atoms with van der Waals surface area (Å²) in [6.45, 7) is 4.27. The number of ether oxygens (including phenoxy) is 1. The number of nitrogens with zero attached hydrogens (tertiary/aromatic N) is 2. The summed E-state index contributed by atoms with van der Waals surface area (Å²) in [6.07, 6.45) is 1.12. The van der Waals surface area contributed by atoms with Crippen molar-refractivity contribution >= 4 is 17.6 Å². The number of carbonyl (C=O) groups is 2. The predicted octanol–water partition coefficient (Wildman–Crippen LogP) is 2.62. The molecule has 1 aromatic rings. The molecule has 1 aliphatic heterocycles. The number of amides is 1. The summed E-state index contributed by atoms with van der Waals surface area (Å²) in [6, 6.07) is 9.57. The standard InChI is InChI=1S/C17H20N2O3/c1-3-12(2)14-6-4-5-7-15(14)19-11-13(10-16(19)20)17(21)22-9-8-18/h4-7,12-13H,3,9-11H2,1-2H3/t12-,13-/m1/s1. The molecule has 0 bridgehead atoms. The van der Waals surface area contributed by atoms with Gasteiger partial charge in [-0.3, -0.25) is 9.59 Å². The van der Waals surface area contributed by atoms with Gasteiger partial charge in [0, 0.05) is 18.7 Å². The van der Waals surface area contributed by atoms with Crippen LogP contribution in [0.2, 0.25) is 0 Å². The first-order chi connectivity index (χ1) is 10.6. The zero-order valence-electron chi connectivity index (χ0n) is 12.9. The Kier molecular flexibility index (Phi) is 5.16. The molecule has 0 aromatic heterocycles. The van der Waals surface area contributed by atoms with E-state index in [1.54, 1.807) is 11.0 Å². The number of para-hydroxylation sites is 1. The molecule has 1 saturated heterocycles. The molecule has 1 amide bonds. The Balaban J connectivity index is 2.19. The predicted molar refractivity (Wildman–Crippen MR) is 82.2 cm³/mol. The van der Waals surface area contributed by atoms with E-state index < -0.39 is 11.9 Å². The van der Waals surface area contributed by atoms with Crippen molar-refractivity contribution in [2.45, 2.75) is 32.6 Å². The van der Waals surface area contributed by atoms with Gasteiger partial charge in [0.15, 0.2) is 6.61 Å². The lowest BCUT2D eigenvalue weighted by molar-refractivity contribution is -0.146. The van der Waals surface area contributed by atoms with Crippen molar-refractivity contribution in [3.05, 3.63) is 29.8 Å². The lowest BCUT2D eigenvalue weighted by Gasteiger charge is -2.23. The van der Waals surface area contributed by atoms with Crippen LogP contribution in [0.15, 0.2) is 24.3 Å². The molecule has 5 heteroatoms. The first-order valence-corrected chi connectivity index (χ1v) is 7.51. The van der Waals surface area contributed by atoms with Gasteiger partial charge in [0.05, 0.1) is 5.92 Å². The van der Waals surface area contributed by atoms with Crippen LogP contribution in [0.1, 0.15) is 38.2 Å². The molecule has 2 atom stereocenters. The van der Waals surface area contributed by atoms with Crippen molar-refractivity contribution in [2.75, 3.05) is 18.1 Å². The van der Waals surface area contributed by atoms with E-state index in [0.29, 0.717) is 12.5 Å². The number of nitriles is 1. The van der Waals surface area contributed by atoms with Crippen LogP contribution in [-0.4, -0.2) is 25.0 Å². The van der Waals surface area contributed by atoms with Crippen molar-refractivity contribution in [2.24, 2.45) is 5.92 Å². The van der Waals surface area contributed by atoms with Crippen LogP contribution in [-0.2, 0) is 14.3 Å². The summed E-state index contributed by atoms with van der Waals surface area (Å²) >= 11 is 0. The van der Waals surface area contributed by atoms with Crippen LogP contribution in [0.3, 0.4) is 0 Å². The second kappa shape index (κ2) is 7.08. The average molecular weight is 300 g/mol. The third-order valence-electron chi connectivity index (χ3n) is 4.11. The molecule has 0 unspecified atom stereocenters. The third kappa shape index (κ3) is 3.28. The summed E-state index contributed by atoms with van der Waals surface area (Å²) in [5, 5.41) is 8.46. The molecule has 2 rings (SSSR count). The quantitative estimate of drug-likeness (QED) is 0.784. The first kappa shape index (κ1) is 16.0. The van der Waals surface area contributed by atoms with Gasteiger partial charge in [-0.25, -0.2) is 0 Å². The van der Waals surface area contributed by atoms with E-state index in [2.05, 4.69) is 13.8 Å². The van der Waals surface area contributed by atoms with Crippen LogP contribution < -0.4 is 4.90 Å². The van der Waals surface area contributed by atoms with Crippen LogP contribution in [0.25, 0.3) is 0 Å². The summed E-state index contributed by atoms with van der Waals surface area (Å²) in [7, 11) is 0. The summed E-state index contributed by atoms with van der Waals surface area (Å²) in [5.74, 6) is -0.701. The molecule has 1 fully saturated rings. The normalized spacial score (nSPS) is 18.9. The molecule has 22 heavy (non-hydrogen) atoms. The molecular formula is C17H20N2O3. The Labute approximate surface area is 130 Å². The average Bonchev–Trinajstić information content (AvgIpc) is 2.93. The maximum atomic E-state index is 12.3. The van der Waals surface area contributed by atoms with Gasteiger partial charge in [-0.05, 0) is 24.0 Å². The lowest BCUT2D eigenvalue weighted by Crippen LogP contribution is -2.27. The Hall–Kier alpha value is -2.35. The van der Waals surface area contributed by atoms with Gasteiger partial charge in [-0.2, -0.15) is 5.26 Å². The summed E-state index contributed by atoms with van der Waals surface area (Å²) < 4.78 is 4.83. The minimum absolute atomic E-state index is 0.0744. The van der Waals surface area contributed by atoms with E-state index in [1.165, 1.54) is 0 Å². The topological polar surface area (TPSA) is 70.4 Å². The smallest absolute Gasteiger partial charge is 0.312 e. The SMILES string of the molecule is CC[C@@H](C)c1ccccc1N1C[C@H](C(=O)OCC#N)CC1=O. The van der Waals surface area contributed by atoms with Crippen LogP contribution >= 0.6 is 0 Å². The number of anilines is 1. The minimum atomic E-state index is -0.495. The maximum absolute atomic E-state index is 12.3. The molecule has 0 N–H and O–H groups in total. The van der Waals surface area contributed by atoms with Gasteiger partial charge in [0.2, 0.25) is 5.91 Å². The van der Waals surface area contributed by atoms with Gasteiger partial charge < -0.3 is 9.64 Å². The van der Waals surface area contributed by atoms with Gasteiger partial charge in [-0.15, -0.1) is 0 Å². The van der Waals surface area contributed by atoms with Crippen molar-refractivity contribution in [3.63, 3.8) is 0 Å². The van der Waals surface area contributed by atoms with Crippen molar-refractivity contribution < 1.29 is 14.3 Å². The van der Waals surface area contributed by atoms with E-state index in [9.17, 15) is 9.59 Å². The molecule has 1 heterocycles. The fourth-order valence-electron chi connectivity index (χ4n) is 2.69. The van der Waals surface area contributed by atoms with E-state index in [1.807, 2.05) is 24.3 Å². The molecule has 0 saturated carbocycles. The zero-order valence-corrected chi connectivity index (χ0v) is 12.9. The second-order valence-corrected chi connectivity index (χ2v) is 5.54. The Morgan fingerprint density at radius 2 is 2.23 bits per heavy atom. The maximum Gasteiger partial charge on any atom is 0.312 e. The summed E-state index contributed by atoms with van der Waals surface area (Å²) in [4.78, 5) is 25.8. The monoisotopic (exact) mass is 300 g/mol. The van der Waals surface area contributed by atoms with Crippen LogP contribution in [0.5, 0.6) is 0 Å². The number of carbonyl (C=O) groups excluding carboxylic acids is 2. The molecule has 1 aliphatic rings. The number of benzene rings is 1. The number of hydrogen-bond acceptors (Lipinski definition) is 4. The first-order valence-electron chi connectivity index (χ1n) is 7.51. The molecule has 0 spiro atoms. The van der Waals surface area contributed by atoms with Crippen molar-refractivity contribution in [1.29, 1.82) is 5.26 Å². The van der Waals surface area contributed by atoms with Gasteiger partial charge in [0.1, 0.15) is 6.07 Å². The fraction of sp³-hybridized carbons (Fsp3) is 0.471. The molecule has 0 aliphatic carbocycles. The molecule has 0 radical (unpaired) electrons. The van der Waals surface area contributed by atoms with Crippen molar-refractivity contribution in [3.8, 4) is 6.07 Å². The summed E-state index contributed by atoms with van der Waals surface area (Å²) in [5.41, 5.74) is 1.99. The number of rotatable bonds is 5. The molecular weight excluding hydrogens is 280 g/mol. The number of hydrogen-bond donors (Lipinski definition) is 0. The molecule has 5 nitrogen and oxygen atoms in total. The minimum Gasteiger partial charge on any atom is -0.450 e. The highest BCUT2D eigenvalue weighted by Gasteiger charge is 2.37. The van der Waals surface area contributed by atoms with E-state index >= 15 is 0 Å². The Morgan fingerprint density at radius 3 is 2.91 bits per heavy atom. The lowest BCUT2D eigenvalue weighted by atomic mass is 9.96. The largest absolute Gasteiger partial charge is 0.450 e. The van der Waals surface area contributed by atoms with Crippen LogP contribution in [0.4, 0.5) is 5.69 Å². The fourth-order valence-corrected chi connectivity index (χ4v) is 2.69. The van der Waals surface area contributed by atoms with E-state index in [4.69, 9.17) is 10.00 Å². The molecule has 116 valence electrons.